The van der Waals surface area contributed by atoms with E-state index in [4.69, 9.17) is 9.05 Å². The largest absolute Gasteiger partial charge is 0.339 e. The number of nitrogens with one attached hydrogen (secondary N) is 1. The number of anilines is 1. The Morgan fingerprint density at radius 2 is 2.00 bits per heavy atom. The van der Waals surface area contributed by atoms with Crippen LogP contribution in [0.1, 0.15) is 36.9 Å². The van der Waals surface area contributed by atoms with Crippen LogP contribution in [0.3, 0.4) is 0 Å². The molecule has 0 radical (unpaired) electrons. The van der Waals surface area contributed by atoms with Gasteiger partial charge in [-0.2, -0.15) is 4.98 Å². The van der Waals surface area contributed by atoms with Gasteiger partial charge in [-0.15, -0.1) is 0 Å². The van der Waals surface area contributed by atoms with Gasteiger partial charge in [0.2, 0.25) is 23.5 Å². The molecule has 0 aliphatic carbocycles. The summed E-state index contributed by atoms with van der Waals surface area (Å²) in [6, 6.07) is 3.62. The van der Waals surface area contributed by atoms with E-state index < -0.39 is 0 Å². The summed E-state index contributed by atoms with van der Waals surface area (Å²) in [5, 5.41) is 10.6. The van der Waals surface area contributed by atoms with Crippen molar-refractivity contribution in [2.24, 2.45) is 0 Å². The Balaban J connectivity index is 1.50. The smallest absolute Gasteiger partial charge is 0.234 e. The molecule has 1 N–H and O–H groups in total. The molecule has 8 heteroatoms. The lowest BCUT2D eigenvalue weighted by Gasteiger charge is -2.02. The van der Waals surface area contributed by atoms with E-state index >= 15 is 0 Å². The average molecular weight is 341 g/mol. The van der Waals surface area contributed by atoms with Gasteiger partial charge in [-0.05, 0) is 31.9 Å². The van der Waals surface area contributed by atoms with E-state index in [1.165, 1.54) is 0 Å². The molecule has 0 fully saturated rings. The number of nitrogens with zero attached hydrogens (tertiary/aromatic N) is 4. The SMILES string of the molecule is CCc1c(C)noc1NC(=O)CCCc1nc(-c2ccncc2)no1. The van der Waals surface area contributed by atoms with Crippen LogP contribution < -0.4 is 5.32 Å². The average Bonchev–Trinajstić information content (AvgIpc) is 3.22. The molecule has 0 bridgehead atoms. The number of carbonyl (C=O) groups excluding carboxylic acids is 1. The zero-order valence-electron chi connectivity index (χ0n) is 14.2. The van der Waals surface area contributed by atoms with E-state index in [0.29, 0.717) is 36.9 Å². The summed E-state index contributed by atoms with van der Waals surface area (Å²) in [6.07, 6.45) is 5.55. The van der Waals surface area contributed by atoms with Gasteiger partial charge in [0.1, 0.15) is 0 Å². The number of pyridine rings is 1. The maximum atomic E-state index is 12.0. The second kappa shape index (κ2) is 7.69. The van der Waals surface area contributed by atoms with Gasteiger partial charge in [-0.3, -0.25) is 15.1 Å². The maximum Gasteiger partial charge on any atom is 0.234 e. The Morgan fingerprint density at radius 3 is 2.76 bits per heavy atom. The van der Waals surface area contributed by atoms with Gasteiger partial charge in [0.05, 0.1) is 5.69 Å². The van der Waals surface area contributed by atoms with Crippen molar-refractivity contribution in [2.75, 3.05) is 5.32 Å². The molecule has 3 aromatic heterocycles. The summed E-state index contributed by atoms with van der Waals surface area (Å²) in [5.41, 5.74) is 2.56. The predicted molar refractivity (Wildman–Crippen MR) is 89.7 cm³/mol. The van der Waals surface area contributed by atoms with Crippen LogP contribution in [-0.2, 0) is 17.6 Å². The van der Waals surface area contributed by atoms with Crippen LogP contribution in [0.2, 0.25) is 0 Å². The van der Waals surface area contributed by atoms with Crippen LogP contribution in [-0.4, -0.2) is 26.2 Å². The highest BCUT2D eigenvalue weighted by Gasteiger charge is 2.14. The second-order valence-electron chi connectivity index (χ2n) is 5.58. The van der Waals surface area contributed by atoms with E-state index in [0.717, 1.165) is 23.2 Å². The van der Waals surface area contributed by atoms with Crippen LogP contribution in [0.25, 0.3) is 11.4 Å². The predicted octanol–water partition coefficient (Wildman–Crippen LogP) is 2.95. The number of rotatable bonds is 7. The van der Waals surface area contributed by atoms with Crippen molar-refractivity contribution < 1.29 is 13.8 Å². The molecule has 0 aliphatic heterocycles. The van der Waals surface area contributed by atoms with Crippen molar-refractivity contribution in [3.8, 4) is 11.4 Å². The molecule has 0 unspecified atom stereocenters. The van der Waals surface area contributed by atoms with Crippen molar-refractivity contribution in [3.05, 3.63) is 41.7 Å². The molecule has 3 aromatic rings. The molecular weight excluding hydrogens is 322 g/mol. The zero-order chi connectivity index (χ0) is 17.6. The lowest BCUT2D eigenvalue weighted by atomic mass is 10.2. The first-order valence-corrected chi connectivity index (χ1v) is 8.15. The number of aryl methyl sites for hydroxylation is 2. The Bertz CT molecular complexity index is 841. The molecule has 0 spiro atoms. The molecule has 0 saturated carbocycles. The lowest BCUT2D eigenvalue weighted by molar-refractivity contribution is -0.116. The van der Waals surface area contributed by atoms with Crippen LogP contribution in [0.5, 0.6) is 0 Å². The van der Waals surface area contributed by atoms with Crippen molar-refractivity contribution in [1.82, 2.24) is 20.3 Å². The van der Waals surface area contributed by atoms with Crippen molar-refractivity contribution >= 4 is 11.8 Å². The first-order valence-electron chi connectivity index (χ1n) is 8.15. The second-order valence-corrected chi connectivity index (χ2v) is 5.58. The molecule has 0 atom stereocenters. The molecule has 130 valence electrons. The van der Waals surface area contributed by atoms with Gasteiger partial charge in [-0.25, -0.2) is 0 Å². The van der Waals surface area contributed by atoms with Crippen molar-refractivity contribution in [2.45, 2.75) is 39.5 Å². The highest BCUT2D eigenvalue weighted by atomic mass is 16.5. The normalized spacial score (nSPS) is 10.8. The Morgan fingerprint density at radius 1 is 1.20 bits per heavy atom. The first kappa shape index (κ1) is 16.8. The monoisotopic (exact) mass is 341 g/mol. The van der Waals surface area contributed by atoms with Crippen molar-refractivity contribution in [1.29, 1.82) is 0 Å². The molecule has 1 amide bonds. The van der Waals surface area contributed by atoms with E-state index in [-0.39, 0.29) is 5.91 Å². The lowest BCUT2D eigenvalue weighted by Crippen LogP contribution is -2.12. The highest BCUT2D eigenvalue weighted by Crippen LogP contribution is 2.20. The number of hydrogen-bond acceptors (Lipinski definition) is 7. The van der Waals surface area contributed by atoms with Gasteiger partial charge in [0.15, 0.2) is 0 Å². The molecule has 0 aliphatic rings. The number of hydrogen-bond donors (Lipinski definition) is 1. The quantitative estimate of drug-likeness (QED) is 0.704. The topological polar surface area (TPSA) is 107 Å². The van der Waals surface area contributed by atoms with E-state index in [1.807, 2.05) is 26.0 Å². The third-order valence-electron chi connectivity index (χ3n) is 3.79. The van der Waals surface area contributed by atoms with Crippen LogP contribution >= 0.6 is 0 Å². The Hall–Kier alpha value is -3.03. The summed E-state index contributed by atoms with van der Waals surface area (Å²) in [6.45, 7) is 3.85. The number of amides is 1. The summed E-state index contributed by atoms with van der Waals surface area (Å²) in [7, 11) is 0. The molecule has 0 aromatic carbocycles. The van der Waals surface area contributed by atoms with Gasteiger partial charge < -0.3 is 9.05 Å². The van der Waals surface area contributed by atoms with Crippen molar-refractivity contribution in [3.63, 3.8) is 0 Å². The Kier molecular flexibility index (Phi) is 5.17. The summed E-state index contributed by atoms with van der Waals surface area (Å²) in [4.78, 5) is 20.3. The van der Waals surface area contributed by atoms with Crippen LogP contribution in [0.4, 0.5) is 5.88 Å². The molecule has 3 rings (SSSR count). The van der Waals surface area contributed by atoms with Gasteiger partial charge in [0, 0.05) is 36.4 Å². The van der Waals surface area contributed by atoms with E-state index in [9.17, 15) is 4.79 Å². The van der Waals surface area contributed by atoms with Gasteiger partial charge in [-0.1, -0.05) is 17.2 Å². The summed E-state index contributed by atoms with van der Waals surface area (Å²) < 4.78 is 10.4. The van der Waals surface area contributed by atoms with Gasteiger partial charge in [0.25, 0.3) is 0 Å². The maximum absolute atomic E-state index is 12.0. The molecule has 3 heterocycles. The fourth-order valence-corrected chi connectivity index (χ4v) is 2.47. The number of aromatic nitrogens is 4. The standard InChI is InChI=1S/C17H19N5O3/c1-3-13-11(2)21-25-17(13)19-14(23)5-4-6-15-20-16(22-24-15)12-7-9-18-10-8-12/h7-10H,3-6H2,1-2H3,(H,19,23). The molecule has 0 saturated heterocycles. The third kappa shape index (κ3) is 4.09. The minimum Gasteiger partial charge on any atom is -0.339 e. The minimum absolute atomic E-state index is 0.125. The van der Waals surface area contributed by atoms with E-state index in [2.05, 4.69) is 25.6 Å². The number of carbonyl (C=O) groups is 1. The summed E-state index contributed by atoms with van der Waals surface area (Å²) in [5.74, 6) is 1.33. The fourth-order valence-electron chi connectivity index (χ4n) is 2.47. The molecule has 8 nitrogen and oxygen atoms in total. The fraction of sp³-hybridized carbons (Fsp3) is 0.353. The zero-order valence-corrected chi connectivity index (χ0v) is 14.2. The summed E-state index contributed by atoms with van der Waals surface area (Å²) >= 11 is 0. The van der Waals surface area contributed by atoms with E-state index in [1.54, 1.807) is 12.4 Å². The molecular formula is C17H19N5O3. The van der Waals surface area contributed by atoms with Crippen LogP contribution in [0.15, 0.2) is 33.6 Å². The van der Waals surface area contributed by atoms with Gasteiger partial charge >= 0.3 is 0 Å². The first-order chi connectivity index (χ1) is 12.2. The van der Waals surface area contributed by atoms with Crippen LogP contribution in [0, 0.1) is 6.92 Å². The minimum atomic E-state index is -0.125. The Labute approximate surface area is 144 Å². The molecule has 25 heavy (non-hydrogen) atoms. The highest BCUT2D eigenvalue weighted by molar-refractivity contribution is 5.90. The third-order valence-corrected chi connectivity index (χ3v) is 3.79.